The summed E-state index contributed by atoms with van der Waals surface area (Å²) >= 11 is 6.02. The molecular weight excluding hydrogens is 493 g/mol. The van der Waals surface area contributed by atoms with Gasteiger partial charge in [-0.3, -0.25) is 0 Å². The van der Waals surface area contributed by atoms with Crippen LogP contribution in [0.4, 0.5) is 10.1 Å². The van der Waals surface area contributed by atoms with Crippen molar-refractivity contribution in [2.45, 2.75) is 36.0 Å². The van der Waals surface area contributed by atoms with E-state index in [0.29, 0.717) is 42.2 Å². The highest BCUT2D eigenvalue weighted by atomic mass is 35.5. The Balaban J connectivity index is 1.53. The number of hydrogen-bond donors (Lipinski definition) is 1. The van der Waals surface area contributed by atoms with E-state index in [2.05, 4.69) is 10.2 Å². The molecule has 5 rings (SSSR count). The number of alkyl halides is 1. The van der Waals surface area contributed by atoms with Crippen LogP contribution in [0.1, 0.15) is 24.3 Å². The minimum absolute atomic E-state index is 0.0540. The van der Waals surface area contributed by atoms with Crippen LogP contribution in [0.15, 0.2) is 51.8 Å². The number of nitrogens with two attached hydrogens (primary N) is 1. The van der Waals surface area contributed by atoms with Crippen molar-refractivity contribution in [1.29, 1.82) is 0 Å². The molecule has 0 amide bonds. The van der Waals surface area contributed by atoms with Gasteiger partial charge in [0, 0.05) is 36.3 Å². The maximum atomic E-state index is 15.5. The third-order valence-electron chi connectivity index (χ3n) is 6.50. The molecule has 0 saturated carbocycles. The summed E-state index contributed by atoms with van der Waals surface area (Å²) in [5.74, 6) is -0.0638. The fourth-order valence-corrected chi connectivity index (χ4v) is 6.59. The molecule has 2 aromatic carbocycles. The number of halogens is 2. The van der Waals surface area contributed by atoms with Crippen LogP contribution in [0.3, 0.4) is 0 Å². The summed E-state index contributed by atoms with van der Waals surface area (Å²) in [7, 11) is -1.75. The lowest BCUT2D eigenvalue weighted by atomic mass is 9.95. The lowest BCUT2D eigenvalue weighted by molar-refractivity contribution is 0.0321. The van der Waals surface area contributed by atoms with E-state index in [0.717, 1.165) is 12.1 Å². The van der Waals surface area contributed by atoms with E-state index in [9.17, 15) is 8.42 Å². The quantitative estimate of drug-likeness (QED) is 0.559. The molecule has 35 heavy (non-hydrogen) atoms. The molecule has 186 valence electrons. The highest BCUT2D eigenvalue weighted by Gasteiger charge is 2.41. The van der Waals surface area contributed by atoms with Gasteiger partial charge in [0.25, 0.3) is 5.89 Å². The Kier molecular flexibility index (Phi) is 6.33. The average molecular weight is 520 g/mol. The highest BCUT2D eigenvalue weighted by molar-refractivity contribution is 7.91. The molecule has 0 radical (unpaired) electrons. The van der Waals surface area contributed by atoms with Crippen LogP contribution in [-0.2, 0) is 22.1 Å². The minimum atomic E-state index is -3.61. The molecule has 1 aromatic heterocycles. The van der Waals surface area contributed by atoms with E-state index < -0.39 is 21.5 Å². The molecule has 0 aliphatic carbocycles. The molecule has 8 nitrogen and oxygen atoms in total. The molecule has 11 heteroatoms. The summed E-state index contributed by atoms with van der Waals surface area (Å²) in [5.41, 5.74) is 6.45. The molecule has 3 aromatic rings. The number of sulfone groups is 1. The first-order valence-electron chi connectivity index (χ1n) is 11.5. The predicted octanol–water partition coefficient (Wildman–Crippen LogP) is 3.40. The van der Waals surface area contributed by atoms with Crippen molar-refractivity contribution < 1.29 is 17.2 Å². The van der Waals surface area contributed by atoms with E-state index in [-0.39, 0.29) is 29.0 Å². The number of likely N-dealkylation sites (N-methyl/N-ethyl adjacent to an activating group) is 1. The van der Waals surface area contributed by atoms with Gasteiger partial charge in [0.1, 0.15) is 0 Å². The van der Waals surface area contributed by atoms with Crippen molar-refractivity contribution in [3.05, 3.63) is 58.9 Å². The molecule has 2 aliphatic rings. The molecule has 3 heterocycles. The van der Waals surface area contributed by atoms with Gasteiger partial charge in [-0.15, -0.1) is 10.2 Å². The van der Waals surface area contributed by atoms with Gasteiger partial charge in [-0.25, -0.2) is 12.8 Å². The maximum absolute atomic E-state index is 15.5. The second-order valence-corrected chi connectivity index (χ2v) is 11.9. The number of piperidine rings is 1. The fraction of sp³-hybridized carbons (Fsp3) is 0.417. The number of anilines is 1. The number of hydrogen-bond acceptors (Lipinski definition) is 8. The second-order valence-electron chi connectivity index (χ2n) is 9.45. The number of rotatable bonds is 4. The van der Waals surface area contributed by atoms with Gasteiger partial charge in [0.2, 0.25) is 11.6 Å². The van der Waals surface area contributed by atoms with Crippen LogP contribution in [0.5, 0.6) is 0 Å². The molecule has 1 saturated heterocycles. The first-order valence-corrected chi connectivity index (χ1v) is 13.5. The third-order valence-corrected chi connectivity index (χ3v) is 8.63. The molecule has 1 unspecified atom stereocenters. The Morgan fingerprint density at radius 3 is 2.74 bits per heavy atom. The Hall–Kier alpha value is -2.53. The Morgan fingerprint density at radius 2 is 2.00 bits per heavy atom. The molecule has 2 N–H and O–H groups in total. The van der Waals surface area contributed by atoms with E-state index in [1.807, 2.05) is 29.0 Å². The number of benzene rings is 2. The second kappa shape index (κ2) is 9.16. The molecule has 2 atom stereocenters. The van der Waals surface area contributed by atoms with E-state index in [1.165, 1.54) is 6.07 Å². The first-order chi connectivity index (χ1) is 16.6. The summed E-state index contributed by atoms with van der Waals surface area (Å²) < 4.78 is 47.4. The van der Waals surface area contributed by atoms with E-state index >= 15 is 4.39 Å². The average Bonchev–Trinajstić information content (AvgIpc) is 3.27. The summed E-state index contributed by atoms with van der Waals surface area (Å²) in [4.78, 5) is 4.03. The van der Waals surface area contributed by atoms with Crippen LogP contribution in [0.2, 0.25) is 5.02 Å². The monoisotopic (exact) mass is 519 g/mol. The lowest BCUT2D eigenvalue weighted by Gasteiger charge is -2.32. The Morgan fingerprint density at radius 1 is 1.23 bits per heavy atom. The summed E-state index contributed by atoms with van der Waals surface area (Å²) in [5, 5.41) is 8.72. The van der Waals surface area contributed by atoms with Gasteiger partial charge in [-0.2, -0.15) is 0 Å². The summed E-state index contributed by atoms with van der Waals surface area (Å²) in [6.45, 7) is 1.78. The summed E-state index contributed by atoms with van der Waals surface area (Å²) in [6, 6.07) is 11.7. The van der Waals surface area contributed by atoms with Crippen LogP contribution in [-0.4, -0.2) is 62.0 Å². The van der Waals surface area contributed by atoms with E-state index in [1.54, 1.807) is 24.3 Å². The van der Waals surface area contributed by atoms with Crippen LogP contribution in [0.25, 0.3) is 11.5 Å². The van der Waals surface area contributed by atoms with Crippen LogP contribution < -0.4 is 10.6 Å². The molecule has 0 spiro atoms. The molecular formula is C24H27ClFN5O3S. The molecule has 1 fully saturated rings. The zero-order valence-corrected chi connectivity index (χ0v) is 20.9. The highest BCUT2D eigenvalue weighted by Crippen LogP contribution is 2.38. The predicted molar refractivity (Wildman–Crippen MR) is 132 cm³/mol. The zero-order valence-electron chi connectivity index (χ0n) is 19.3. The summed E-state index contributed by atoms with van der Waals surface area (Å²) in [6.07, 6.45) is 1.01. The minimum Gasteiger partial charge on any atom is -0.417 e. The zero-order chi connectivity index (χ0) is 24.8. The van der Waals surface area contributed by atoms with Crippen molar-refractivity contribution in [2.24, 2.45) is 5.73 Å². The number of likely N-dealkylation sites (tertiary alicyclic amines) is 1. The van der Waals surface area contributed by atoms with Gasteiger partial charge in [-0.05, 0) is 62.3 Å². The van der Waals surface area contributed by atoms with Gasteiger partial charge >= 0.3 is 0 Å². The number of fused-ring (bicyclic) bond motifs is 1. The van der Waals surface area contributed by atoms with Crippen molar-refractivity contribution in [2.75, 3.05) is 37.3 Å². The van der Waals surface area contributed by atoms with Crippen molar-refractivity contribution in [1.82, 2.24) is 15.1 Å². The van der Waals surface area contributed by atoms with Crippen LogP contribution in [0, 0.1) is 0 Å². The maximum Gasteiger partial charge on any atom is 0.255 e. The Bertz CT molecular complexity index is 1330. The van der Waals surface area contributed by atoms with Gasteiger partial charge < -0.3 is 20.0 Å². The van der Waals surface area contributed by atoms with Crippen molar-refractivity contribution >= 4 is 27.1 Å². The Labute approximate surface area is 208 Å². The van der Waals surface area contributed by atoms with Gasteiger partial charge in [0.15, 0.2) is 9.84 Å². The lowest BCUT2D eigenvalue weighted by Crippen LogP contribution is -2.41. The van der Waals surface area contributed by atoms with Gasteiger partial charge in [-0.1, -0.05) is 23.7 Å². The standard InChI is InChI=1S/C24H27ClFN5O3S/c1-30-10-2-9-24(26,15-30)23-29-28-22(34-23)17-5-8-21-20(11-17)31(13-19(27)14-35(21,32)33)12-16-3-6-18(25)7-4-16/h3-8,11,19H,2,9-10,12-15,27H2,1H3/t19-,24?/m1/s1. The normalized spacial score (nSPS) is 24.7. The topological polar surface area (TPSA) is 106 Å². The molecule has 0 bridgehead atoms. The smallest absolute Gasteiger partial charge is 0.255 e. The van der Waals surface area contributed by atoms with Gasteiger partial charge in [0.05, 0.1) is 16.3 Å². The van der Waals surface area contributed by atoms with Crippen LogP contribution >= 0.6 is 11.6 Å². The third kappa shape index (κ3) is 4.93. The van der Waals surface area contributed by atoms with Crippen molar-refractivity contribution in [3.63, 3.8) is 0 Å². The largest absolute Gasteiger partial charge is 0.417 e. The first kappa shape index (κ1) is 24.2. The fourth-order valence-electron chi connectivity index (χ4n) is 4.84. The van der Waals surface area contributed by atoms with Crippen molar-refractivity contribution in [3.8, 4) is 11.5 Å². The van der Waals surface area contributed by atoms with E-state index in [4.69, 9.17) is 21.8 Å². The number of aromatic nitrogens is 2. The number of nitrogens with zero attached hydrogens (tertiary/aromatic N) is 4. The SMILES string of the molecule is CN1CCCC(F)(c2nnc(-c3ccc4c(c3)N(Cc3ccc(Cl)cc3)C[C@@H](N)CS4(=O)=O)o2)C1. The molecule has 2 aliphatic heterocycles.